The normalized spacial score (nSPS) is 24.2. The fourth-order valence-corrected chi connectivity index (χ4v) is 3.85. The Morgan fingerprint density at radius 1 is 1.28 bits per heavy atom. The van der Waals surface area contributed by atoms with Gasteiger partial charge in [0.15, 0.2) is 0 Å². The molecule has 1 amide bonds. The molecule has 5 nitrogen and oxygen atoms in total. The zero-order valence-electron chi connectivity index (χ0n) is 15.1. The third kappa shape index (κ3) is 4.73. The average molecular weight is 346 g/mol. The van der Waals surface area contributed by atoms with Crippen molar-refractivity contribution in [2.24, 2.45) is 23.5 Å². The smallest absolute Gasteiger partial charge is 0.227 e. The third-order valence-electron chi connectivity index (χ3n) is 5.57. The van der Waals surface area contributed by atoms with Crippen molar-refractivity contribution in [3.63, 3.8) is 0 Å². The number of hydrogen-bond donors (Lipinski definition) is 2. The van der Waals surface area contributed by atoms with E-state index < -0.39 is 0 Å². The topological polar surface area (TPSA) is 73.6 Å². The van der Waals surface area contributed by atoms with E-state index in [1.807, 2.05) is 25.1 Å². The first-order valence-electron chi connectivity index (χ1n) is 9.49. The van der Waals surface area contributed by atoms with Gasteiger partial charge in [-0.05, 0) is 62.6 Å². The van der Waals surface area contributed by atoms with E-state index in [0.717, 1.165) is 62.3 Å². The second-order valence-electron chi connectivity index (χ2n) is 7.37. The molecule has 3 rings (SSSR count). The van der Waals surface area contributed by atoms with Gasteiger partial charge >= 0.3 is 0 Å². The molecular formula is C20H30N2O3. The summed E-state index contributed by atoms with van der Waals surface area (Å²) >= 11 is 0. The monoisotopic (exact) mass is 346 g/mol. The van der Waals surface area contributed by atoms with Crippen molar-refractivity contribution in [2.45, 2.75) is 39.0 Å². The Labute approximate surface area is 150 Å². The number of rotatable bonds is 6. The minimum atomic E-state index is 0.0397. The van der Waals surface area contributed by atoms with Crippen LogP contribution in [0.4, 0.5) is 5.69 Å². The summed E-state index contributed by atoms with van der Waals surface area (Å²) in [5.74, 6) is 1.85. The van der Waals surface area contributed by atoms with Crippen molar-refractivity contribution < 1.29 is 14.3 Å². The van der Waals surface area contributed by atoms with Crippen molar-refractivity contribution in [2.75, 3.05) is 31.7 Å². The van der Waals surface area contributed by atoms with Crippen LogP contribution in [0.3, 0.4) is 0 Å². The van der Waals surface area contributed by atoms with Crippen LogP contribution < -0.4 is 15.8 Å². The van der Waals surface area contributed by atoms with Gasteiger partial charge in [0.2, 0.25) is 5.91 Å². The van der Waals surface area contributed by atoms with Gasteiger partial charge in [-0.3, -0.25) is 4.79 Å². The fraction of sp³-hybridized carbons (Fsp3) is 0.650. The maximum absolute atomic E-state index is 12.6. The molecule has 3 N–H and O–H groups in total. The molecule has 0 unspecified atom stereocenters. The quantitative estimate of drug-likeness (QED) is 0.830. The van der Waals surface area contributed by atoms with Gasteiger partial charge in [-0.1, -0.05) is 12.5 Å². The first kappa shape index (κ1) is 18.2. The lowest BCUT2D eigenvalue weighted by atomic mass is 9.95. The number of carbonyl (C=O) groups is 1. The van der Waals surface area contributed by atoms with Crippen LogP contribution in [0.1, 0.15) is 37.7 Å². The number of amides is 1. The summed E-state index contributed by atoms with van der Waals surface area (Å²) in [5.41, 5.74) is 7.70. The molecule has 0 aromatic heterocycles. The average Bonchev–Trinajstić information content (AvgIpc) is 3.12. The summed E-state index contributed by atoms with van der Waals surface area (Å²) in [6.45, 7) is 4.98. The molecule has 25 heavy (non-hydrogen) atoms. The molecule has 2 fully saturated rings. The van der Waals surface area contributed by atoms with E-state index in [9.17, 15) is 4.79 Å². The van der Waals surface area contributed by atoms with Crippen LogP contribution in [-0.4, -0.2) is 32.3 Å². The van der Waals surface area contributed by atoms with Gasteiger partial charge in [0.25, 0.3) is 0 Å². The van der Waals surface area contributed by atoms with E-state index in [0.29, 0.717) is 25.0 Å². The Morgan fingerprint density at radius 3 is 2.84 bits per heavy atom. The Bertz CT molecular complexity index is 584. The van der Waals surface area contributed by atoms with Gasteiger partial charge in [0, 0.05) is 30.9 Å². The lowest BCUT2D eigenvalue weighted by Gasteiger charge is -2.23. The van der Waals surface area contributed by atoms with E-state index >= 15 is 0 Å². The molecule has 2 aliphatic rings. The van der Waals surface area contributed by atoms with Crippen LogP contribution in [0.2, 0.25) is 0 Å². The fourth-order valence-electron chi connectivity index (χ4n) is 3.85. The van der Waals surface area contributed by atoms with Gasteiger partial charge < -0.3 is 20.5 Å². The molecule has 1 heterocycles. The number of nitrogens with two attached hydrogens (primary N) is 1. The van der Waals surface area contributed by atoms with Gasteiger partial charge in [-0.25, -0.2) is 0 Å². The highest BCUT2D eigenvalue weighted by atomic mass is 16.5. The summed E-state index contributed by atoms with van der Waals surface area (Å²) in [6, 6.07) is 5.89. The summed E-state index contributed by atoms with van der Waals surface area (Å²) < 4.78 is 11.4. The number of carbonyl (C=O) groups excluding carboxylic acids is 1. The van der Waals surface area contributed by atoms with Crippen LogP contribution >= 0.6 is 0 Å². The third-order valence-corrected chi connectivity index (χ3v) is 5.57. The number of aryl methyl sites for hydroxylation is 1. The molecule has 0 radical (unpaired) electrons. The van der Waals surface area contributed by atoms with E-state index in [1.54, 1.807) is 0 Å². The zero-order valence-corrected chi connectivity index (χ0v) is 15.1. The van der Waals surface area contributed by atoms with Crippen molar-refractivity contribution in [1.29, 1.82) is 0 Å². The molecule has 138 valence electrons. The molecule has 5 heteroatoms. The zero-order chi connectivity index (χ0) is 17.6. The number of ether oxygens (including phenoxy) is 2. The first-order chi connectivity index (χ1) is 12.2. The molecule has 0 bridgehead atoms. The Morgan fingerprint density at radius 2 is 2.08 bits per heavy atom. The van der Waals surface area contributed by atoms with Crippen LogP contribution in [0.5, 0.6) is 5.75 Å². The SMILES string of the molecule is Cc1ccc(NC(=O)[C@@H]2CCC[C@@H]2CN)cc1OCC1CCOCC1. The predicted octanol–water partition coefficient (Wildman–Crippen LogP) is 3.11. The molecule has 1 aliphatic heterocycles. The maximum atomic E-state index is 12.6. The van der Waals surface area contributed by atoms with Crippen molar-refractivity contribution >= 4 is 11.6 Å². The summed E-state index contributed by atoms with van der Waals surface area (Å²) in [5, 5.41) is 3.06. The van der Waals surface area contributed by atoms with Gasteiger partial charge in [0.1, 0.15) is 5.75 Å². The van der Waals surface area contributed by atoms with E-state index in [-0.39, 0.29) is 11.8 Å². The summed E-state index contributed by atoms with van der Waals surface area (Å²) in [4.78, 5) is 12.6. The second-order valence-corrected chi connectivity index (χ2v) is 7.37. The minimum absolute atomic E-state index is 0.0397. The highest BCUT2D eigenvalue weighted by Crippen LogP contribution is 2.32. The number of hydrogen-bond acceptors (Lipinski definition) is 4. The maximum Gasteiger partial charge on any atom is 0.227 e. The molecule has 1 saturated heterocycles. The van der Waals surface area contributed by atoms with Gasteiger partial charge in [-0.15, -0.1) is 0 Å². The van der Waals surface area contributed by atoms with E-state index in [1.165, 1.54) is 0 Å². The van der Waals surface area contributed by atoms with Gasteiger partial charge in [-0.2, -0.15) is 0 Å². The number of benzene rings is 1. The van der Waals surface area contributed by atoms with Crippen LogP contribution in [0.25, 0.3) is 0 Å². The molecule has 0 spiro atoms. The highest BCUT2D eigenvalue weighted by Gasteiger charge is 2.31. The Balaban J connectivity index is 1.59. The first-order valence-corrected chi connectivity index (χ1v) is 9.49. The lowest BCUT2D eigenvalue weighted by molar-refractivity contribution is -0.120. The van der Waals surface area contributed by atoms with Crippen molar-refractivity contribution in [3.8, 4) is 5.75 Å². The predicted molar refractivity (Wildman–Crippen MR) is 98.7 cm³/mol. The van der Waals surface area contributed by atoms with Crippen LogP contribution in [0.15, 0.2) is 18.2 Å². The Hall–Kier alpha value is -1.59. The van der Waals surface area contributed by atoms with Crippen molar-refractivity contribution in [1.82, 2.24) is 0 Å². The largest absolute Gasteiger partial charge is 0.493 e. The lowest BCUT2D eigenvalue weighted by Crippen LogP contribution is -2.29. The number of nitrogens with one attached hydrogen (secondary N) is 1. The highest BCUT2D eigenvalue weighted by molar-refractivity contribution is 5.93. The molecular weight excluding hydrogens is 316 g/mol. The van der Waals surface area contributed by atoms with Crippen LogP contribution in [0, 0.1) is 24.7 Å². The summed E-state index contributed by atoms with van der Waals surface area (Å²) in [7, 11) is 0. The standard InChI is InChI=1S/C20H30N2O3/c1-14-5-6-17(22-20(23)18-4-2-3-16(18)12-21)11-19(14)25-13-15-7-9-24-10-8-15/h5-6,11,15-16,18H,2-4,7-10,12-13,21H2,1H3,(H,22,23)/t16-,18-/m1/s1. The molecule has 2 atom stereocenters. The second kappa shape index (κ2) is 8.68. The molecule has 1 saturated carbocycles. The summed E-state index contributed by atoms with van der Waals surface area (Å²) in [6.07, 6.45) is 5.19. The van der Waals surface area contributed by atoms with Crippen LogP contribution in [-0.2, 0) is 9.53 Å². The molecule has 1 aromatic rings. The van der Waals surface area contributed by atoms with E-state index in [4.69, 9.17) is 15.2 Å². The van der Waals surface area contributed by atoms with Crippen molar-refractivity contribution in [3.05, 3.63) is 23.8 Å². The molecule has 1 aromatic carbocycles. The minimum Gasteiger partial charge on any atom is -0.493 e. The number of anilines is 1. The van der Waals surface area contributed by atoms with Gasteiger partial charge in [0.05, 0.1) is 6.61 Å². The Kier molecular flexibility index (Phi) is 6.32. The molecule has 1 aliphatic carbocycles. The van der Waals surface area contributed by atoms with E-state index in [2.05, 4.69) is 5.32 Å².